The van der Waals surface area contributed by atoms with E-state index in [1.54, 1.807) is 6.20 Å². The highest BCUT2D eigenvalue weighted by molar-refractivity contribution is 7.15. The zero-order chi connectivity index (χ0) is 20.1. The molecule has 2 aliphatic rings. The number of aromatic nitrogens is 2. The van der Waals surface area contributed by atoms with Gasteiger partial charge in [0.1, 0.15) is 11.3 Å². The van der Waals surface area contributed by atoms with E-state index in [0.717, 1.165) is 17.8 Å². The Balaban J connectivity index is 1.46. The Morgan fingerprint density at radius 1 is 1.36 bits per heavy atom. The number of imidazole rings is 1. The lowest BCUT2D eigenvalue weighted by Crippen LogP contribution is -2.47. The maximum atomic E-state index is 12.8. The Morgan fingerprint density at radius 2 is 2.14 bits per heavy atom. The molecule has 2 aromatic heterocycles. The van der Waals surface area contributed by atoms with Crippen LogP contribution in [0.1, 0.15) is 51.0 Å². The number of likely N-dealkylation sites (tertiary alicyclic amines) is 1. The van der Waals surface area contributed by atoms with Crippen LogP contribution in [0.5, 0.6) is 0 Å². The molecule has 0 spiro atoms. The van der Waals surface area contributed by atoms with Gasteiger partial charge in [0, 0.05) is 30.9 Å². The van der Waals surface area contributed by atoms with Crippen LogP contribution in [0.25, 0.3) is 4.96 Å². The van der Waals surface area contributed by atoms with Gasteiger partial charge >= 0.3 is 6.09 Å². The van der Waals surface area contributed by atoms with Crippen LogP contribution in [0.3, 0.4) is 0 Å². The number of hydrogen-bond acceptors (Lipinski definition) is 5. The molecule has 8 heteroatoms. The van der Waals surface area contributed by atoms with E-state index >= 15 is 0 Å². The summed E-state index contributed by atoms with van der Waals surface area (Å²) < 4.78 is 7.47. The average Bonchev–Trinajstić information content (AvgIpc) is 3.29. The summed E-state index contributed by atoms with van der Waals surface area (Å²) in [7, 11) is 0. The van der Waals surface area contributed by atoms with E-state index in [1.807, 2.05) is 41.6 Å². The molecule has 1 aliphatic carbocycles. The Hall–Kier alpha value is -2.09. The maximum Gasteiger partial charge on any atom is 0.410 e. The predicted molar refractivity (Wildman–Crippen MR) is 108 cm³/mol. The van der Waals surface area contributed by atoms with Crippen molar-refractivity contribution in [2.45, 2.75) is 52.2 Å². The van der Waals surface area contributed by atoms with E-state index in [0.29, 0.717) is 36.5 Å². The molecule has 4 rings (SSSR count). The number of ether oxygens (including phenoxy) is 1. The molecule has 1 N–H and O–H groups in total. The van der Waals surface area contributed by atoms with Crippen LogP contribution in [0, 0.1) is 17.8 Å². The van der Waals surface area contributed by atoms with Crippen LogP contribution in [0.15, 0.2) is 17.8 Å². The number of thiazole rings is 1. The first-order chi connectivity index (χ1) is 13.2. The first-order valence-corrected chi connectivity index (χ1v) is 10.8. The predicted octanol–water partition coefficient (Wildman–Crippen LogP) is 3.41. The van der Waals surface area contributed by atoms with Crippen molar-refractivity contribution in [3.8, 4) is 0 Å². The van der Waals surface area contributed by atoms with Gasteiger partial charge in [0.2, 0.25) is 0 Å². The van der Waals surface area contributed by atoms with Gasteiger partial charge in [-0.15, -0.1) is 11.3 Å². The minimum absolute atomic E-state index is 0.0301. The lowest BCUT2D eigenvalue weighted by atomic mass is 9.94. The van der Waals surface area contributed by atoms with Crippen molar-refractivity contribution in [1.29, 1.82) is 0 Å². The van der Waals surface area contributed by atoms with E-state index in [4.69, 9.17) is 4.74 Å². The number of nitrogens with zero attached hydrogens (tertiary/aromatic N) is 3. The summed E-state index contributed by atoms with van der Waals surface area (Å²) in [6, 6.07) is -0.0301. The Morgan fingerprint density at radius 3 is 2.86 bits per heavy atom. The van der Waals surface area contributed by atoms with Crippen molar-refractivity contribution >= 4 is 28.3 Å². The number of nitrogens with one attached hydrogen (secondary N) is 1. The molecular weight excluding hydrogens is 376 g/mol. The second-order valence-electron chi connectivity index (χ2n) is 9.13. The fourth-order valence-electron chi connectivity index (χ4n) is 4.66. The van der Waals surface area contributed by atoms with Crippen molar-refractivity contribution in [2.24, 2.45) is 17.8 Å². The summed E-state index contributed by atoms with van der Waals surface area (Å²) in [5.74, 6) is 1.36. The smallest absolute Gasteiger partial charge is 0.410 e. The fraction of sp³-hybridized carbons (Fsp3) is 0.650. The molecule has 1 unspecified atom stereocenters. The topological polar surface area (TPSA) is 75.9 Å². The van der Waals surface area contributed by atoms with E-state index in [9.17, 15) is 9.59 Å². The van der Waals surface area contributed by atoms with Crippen LogP contribution in [0.2, 0.25) is 0 Å². The van der Waals surface area contributed by atoms with Gasteiger partial charge in [0.15, 0.2) is 4.96 Å². The molecule has 1 saturated carbocycles. The molecule has 3 heterocycles. The summed E-state index contributed by atoms with van der Waals surface area (Å²) in [5.41, 5.74) is -0.122. The van der Waals surface area contributed by atoms with E-state index in [-0.39, 0.29) is 18.0 Å². The maximum absolute atomic E-state index is 12.8. The van der Waals surface area contributed by atoms with Gasteiger partial charge in [-0.25, -0.2) is 9.78 Å². The standard InChI is InChI=1S/C20H28N4O3S/c1-12-7-13-10-24(19(26)27-20(2,3)4)16(14(13)8-12)9-21-17(25)15-11-23-5-6-28-18(23)22-15/h5-6,11-14,16H,7-10H2,1-4H3,(H,21,25)/t12?,13-,14-,16+/m0/s1. The summed E-state index contributed by atoms with van der Waals surface area (Å²) in [6.07, 6.45) is 5.56. The zero-order valence-corrected chi connectivity index (χ0v) is 17.7. The van der Waals surface area contributed by atoms with Crippen molar-refractivity contribution in [3.05, 3.63) is 23.5 Å². The second kappa shape index (κ2) is 7.06. The number of amides is 2. The highest BCUT2D eigenvalue weighted by Crippen LogP contribution is 2.45. The van der Waals surface area contributed by atoms with Crippen molar-refractivity contribution in [1.82, 2.24) is 19.6 Å². The molecule has 0 bridgehead atoms. The highest BCUT2D eigenvalue weighted by Gasteiger charge is 2.48. The molecule has 2 aromatic rings. The SMILES string of the molecule is CC1C[C@H]2CN(C(=O)OC(C)(C)C)[C@H](CNC(=O)c3cn4ccsc4n3)[C@H]2C1. The van der Waals surface area contributed by atoms with E-state index in [1.165, 1.54) is 11.3 Å². The lowest BCUT2D eigenvalue weighted by Gasteiger charge is -2.31. The molecule has 28 heavy (non-hydrogen) atoms. The van der Waals surface area contributed by atoms with Crippen molar-refractivity contribution < 1.29 is 14.3 Å². The quantitative estimate of drug-likeness (QED) is 0.851. The number of rotatable bonds is 3. The summed E-state index contributed by atoms with van der Waals surface area (Å²) in [6.45, 7) is 9.05. The third-order valence-electron chi connectivity index (χ3n) is 5.74. The Kier molecular flexibility index (Phi) is 4.85. The zero-order valence-electron chi connectivity index (χ0n) is 16.8. The molecule has 2 amide bonds. The monoisotopic (exact) mass is 404 g/mol. The van der Waals surface area contributed by atoms with Gasteiger partial charge in [-0.3, -0.25) is 9.20 Å². The Bertz CT molecular complexity index is 855. The van der Waals surface area contributed by atoms with Crippen LogP contribution in [-0.4, -0.2) is 51.0 Å². The van der Waals surface area contributed by atoms with Crippen LogP contribution in [0.4, 0.5) is 4.79 Å². The summed E-state index contributed by atoms with van der Waals surface area (Å²) in [5, 5.41) is 4.94. The molecule has 2 fully saturated rings. The second-order valence-corrected chi connectivity index (χ2v) is 10.0. The molecule has 1 aliphatic heterocycles. The number of carbonyl (C=O) groups excluding carboxylic acids is 2. The van der Waals surface area contributed by atoms with Crippen LogP contribution in [-0.2, 0) is 4.74 Å². The van der Waals surface area contributed by atoms with Gasteiger partial charge in [0.05, 0.1) is 6.04 Å². The number of carbonyl (C=O) groups is 2. The van der Waals surface area contributed by atoms with Gasteiger partial charge in [-0.2, -0.15) is 0 Å². The molecule has 7 nitrogen and oxygen atoms in total. The minimum atomic E-state index is -0.530. The first kappa shape index (κ1) is 19.2. The minimum Gasteiger partial charge on any atom is -0.444 e. The molecule has 1 saturated heterocycles. The largest absolute Gasteiger partial charge is 0.444 e. The number of hydrogen-bond donors (Lipinski definition) is 1. The highest BCUT2D eigenvalue weighted by atomic mass is 32.1. The fourth-order valence-corrected chi connectivity index (χ4v) is 5.36. The molecule has 152 valence electrons. The molecule has 0 radical (unpaired) electrons. The van der Waals surface area contributed by atoms with Crippen molar-refractivity contribution in [2.75, 3.05) is 13.1 Å². The van der Waals surface area contributed by atoms with Gasteiger partial charge in [-0.1, -0.05) is 6.92 Å². The molecule has 0 aromatic carbocycles. The number of fused-ring (bicyclic) bond motifs is 2. The lowest BCUT2D eigenvalue weighted by molar-refractivity contribution is 0.0196. The van der Waals surface area contributed by atoms with Gasteiger partial charge in [-0.05, 0) is 51.4 Å². The van der Waals surface area contributed by atoms with Crippen LogP contribution >= 0.6 is 11.3 Å². The van der Waals surface area contributed by atoms with E-state index < -0.39 is 5.60 Å². The molecule has 4 atom stereocenters. The Labute approximate surface area is 169 Å². The third kappa shape index (κ3) is 3.74. The van der Waals surface area contributed by atoms with Gasteiger partial charge in [0.25, 0.3) is 5.91 Å². The van der Waals surface area contributed by atoms with Crippen LogP contribution < -0.4 is 5.32 Å². The first-order valence-electron chi connectivity index (χ1n) is 9.91. The average molecular weight is 405 g/mol. The summed E-state index contributed by atoms with van der Waals surface area (Å²) >= 11 is 1.49. The summed E-state index contributed by atoms with van der Waals surface area (Å²) in [4.78, 5) is 32.4. The third-order valence-corrected chi connectivity index (χ3v) is 6.51. The normalized spacial score (nSPS) is 27.2. The van der Waals surface area contributed by atoms with E-state index in [2.05, 4.69) is 17.2 Å². The molecular formula is C20H28N4O3S. The van der Waals surface area contributed by atoms with Gasteiger partial charge < -0.3 is 15.0 Å². The van der Waals surface area contributed by atoms with Crippen molar-refractivity contribution in [3.63, 3.8) is 0 Å².